The fourth-order valence-corrected chi connectivity index (χ4v) is 2.28. The molecule has 1 aliphatic rings. The van der Waals surface area contributed by atoms with Crippen LogP contribution in [0.4, 0.5) is 0 Å². The smallest absolute Gasteiger partial charge is 0.222 e. The monoisotopic (exact) mass is 237 g/mol. The normalized spacial score (nSPS) is 16.9. The van der Waals surface area contributed by atoms with Gasteiger partial charge < -0.3 is 14.7 Å². The molecule has 0 spiro atoms. The zero-order chi connectivity index (χ0) is 12.6. The van der Waals surface area contributed by atoms with E-state index < -0.39 is 0 Å². The van der Waals surface area contributed by atoms with E-state index in [1.165, 1.54) is 0 Å². The predicted octanol–water partition coefficient (Wildman–Crippen LogP) is 2.08. The summed E-state index contributed by atoms with van der Waals surface area (Å²) in [4.78, 5) is 0. The second-order valence-electron chi connectivity index (χ2n) is 5.55. The van der Waals surface area contributed by atoms with Gasteiger partial charge in [-0.2, -0.15) is 4.73 Å². The first-order valence-electron chi connectivity index (χ1n) is 5.79. The quantitative estimate of drug-likeness (QED) is 0.584. The minimum absolute atomic E-state index is 0.116. The topological polar surface area (TPSA) is 45.4 Å². The summed E-state index contributed by atoms with van der Waals surface area (Å²) in [5, 5.41) is 12.0. The number of ether oxygens (including phenoxy) is 2. The molecule has 1 aromatic heterocycles. The summed E-state index contributed by atoms with van der Waals surface area (Å²) in [5.41, 5.74) is 2.62. The Hall–Kier alpha value is -1.13. The van der Waals surface area contributed by atoms with Crippen molar-refractivity contribution in [1.29, 1.82) is 0 Å². The van der Waals surface area contributed by atoms with E-state index in [2.05, 4.69) is 20.8 Å². The van der Waals surface area contributed by atoms with Crippen LogP contribution in [0.3, 0.4) is 0 Å². The predicted molar refractivity (Wildman–Crippen MR) is 63.1 cm³/mol. The first kappa shape index (κ1) is 12.3. The molecular weight excluding hydrogens is 218 g/mol. The third kappa shape index (κ3) is 2.28. The number of fused-ring (bicyclic) bond motifs is 1. The lowest BCUT2D eigenvalue weighted by Gasteiger charge is -2.27. The highest BCUT2D eigenvalue weighted by atomic mass is 16.5. The van der Waals surface area contributed by atoms with Crippen molar-refractivity contribution in [2.24, 2.45) is 5.41 Å². The Morgan fingerprint density at radius 3 is 2.59 bits per heavy atom. The molecule has 4 nitrogen and oxygen atoms in total. The summed E-state index contributed by atoms with van der Waals surface area (Å²) in [5.74, 6) is 0. The van der Waals surface area contributed by atoms with Crippen LogP contribution in [0.2, 0.25) is 0 Å². The van der Waals surface area contributed by atoms with E-state index in [0.717, 1.165) is 15.9 Å². The molecule has 0 saturated heterocycles. The van der Waals surface area contributed by atoms with E-state index in [9.17, 15) is 5.21 Å². The van der Waals surface area contributed by atoms with Crippen molar-refractivity contribution in [1.82, 2.24) is 0 Å². The van der Waals surface area contributed by atoms with Crippen molar-refractivity contribution in [2.75, 3.05) is 7.11 Å². The van der Waals surface area contributed by atoms with Gasteiger partial charge in [0.2, 0.25) is 5.69 Å². The lowest BCUT2D eigenvalue weighted by atomic mass is 9.86. The Bertz CT molecular complexity index is 423. The molecule has 17 heavy (non-hydrogen) atoms. The zero-order valence-electron chi connectivity index (χ0n) is 10.8. The Kier molecular flexibility index (Phi) is 3.10. The number of rotatable bonds is 2. The van der Waals surface area contributed by atoms with Gasteiger partial charge in [-0.05, 0) is 11.0 Å². The Morgan fingerprint density at radius 2 is 2.00 bits per heavy atom. The molecule has 0 fully saturated rings. The lowest BCUT2D eigenvalue weighted by molar-refractivity contribution is -0.620. The van der Waals surface area contributed by atoms with Crippen molar-refractivity contribution in [3.63, 3.8) is 0 Å². The molecule has 1 atom stereocenters. The van der Waals surface area contributed by atoms with Crippen LogP contribution in [0.15, 0.2) is 12.3 Å². The number of methoxy groups -OCH3 is 1. The summed E-state index contributed by atoms with van der Waals surface area (Å²) in [6.07, 6.45) is 1.39. The average molecular weight is 237 g/mol. The van der Waals surface area contributed by atoms with E-state index in [-0.39, 0.29) is 11.5 Å². The molecule has 1 aromatic rings. The van der Waals surface area contributed by atoms with Gasteiger partial charge in [0.1, 0.15) is 6.10 Å². The van der Waals surface area contributed by atoms with Gasteiger partial charge in [-0.3, -0.25) is 0 Å². The van der Waals surface area contributed by atoms with Crippen molar-refractivity contribution in [3.05, 3.63) is 34.3 Å². The zero-order valence-corrected chi connectivity index (χ0v) is 10.8. The van der Waals surface area contributed by atoms with Crippen molar-refractivity contribution >= 4 is 0 Å². The average Bonchev–Trinajstić information content (AvgIpc) is 2.64. The Balaban J connectivity index is 2.44. The molecule has 0 saturated carbocycles. The van der Waals surface area contributed by atoms with Crippen LogP contribution in [-0.2, 0) is 22.7 Å². The van der Waals surface area contributed by atoms with Gasteiger partial charge in [0.05, 0.1) is 13.2 Å². The van der Waals surface area contributed by atoms with E-state index in [0.29, 0.717) is 18.9 Å². The van der Waals surface area contributed by atoms with Gasteiger partial charge in [0.25, 0.3) is 0 Å². The molecule has 1 aliphatic heterocycles. The number of aromatic nitrogens is 1. The molecule has 0 bridgehead atoms. The highest BCUT2D eigenvalue weighted by Gasteiger charge is 2.33. The lowest BCUT2D eigenvalue weighted by Crippen LogP contribution is -2.38. The maximum absolute atomic E-state index is 12.0. The largest absolute Gasteiger partial charge is 0.618 e. The van der Waals surface area contributed by atoms with Gasteiger partial charge >= 0.3 is 0 Å². The molecule has 2 heterocycles. The SMILES string of the molecule is CO[C@H](c1cc2c(c[n+]1[O-])COC2)C(C)(C)C. The second-order valence-corrected chi connectivity index (χ2v) is 5.55. The van der Waals surface area contributed by atoms with Crippen LogP contribution in [0.5, 0.6) is 0 Å². The van der Waals surface area contributed by atoms with Crippen LogP contribution in [0.25, 0.3) is 0 Å². The second kappa shape index (κ2) is 4.27. The van der Waals surface area contributed by atoms with Crippen LogP contribution < -0.4 is 4.73 Å². The molecular formula is C13H19NO3. The summed E-state index contributed by atoms with van der Waals surface area (Å²) in [6.45, 7) is 7.30. The fraction of sp³-hybridized carbons (Fsp3) is 0.615. The summed E-state index contributed by atoms with van der Waals surface area (Å²) >= 11 is 0. The van der Waals surface area contributed by atoms with E-state index in [4.69, 9.17) is 9.47 Å². The molecule has 0 radical (unpaired) electrons. The maximum Gasteiger partial charge on any atom is 0.222 e. The summed E-state index contributed by atoms with van der Waals surface area (Å²) < 4.78 is 11.7. The first-order chi connectivity index (χ1) is 7.93. The Labute approximate surface area is 102 Å². The van der Waals surface area contributed by atoms with Crippen LogP contribution in [0.1, 0.15) is 43.7 Å². The highest BCUT2D eigenvalue weighted by molar-refractivity contribution is 5.26. The number of hydrogen-bond acceptors (Lipinski definition) is 3. The number of hydrogen-bond donors (Lipinski definition) is 0. The first-order valence-corrected chi connectivity index (χ1v) is 5.79. The Morgan fingerprint density at radius 1 is 1.35 bits per heavy atom. The molecule has 0 amide bonds. The van der Waals surface area contributed by atoms with Gasteiger partial charge in [-0.25, -0.2) is 0 Å². The molecule has 0 unspecified atom stereocenters. The molecule has 0 N–H and O–H groups in total. The van der Waals surface area contributed by atoms with Crippen molar-refractivity contribution in [2.45, 2.75) is 40.1 Å². The standard InChI is InChI=1S/C13H19NO3/c1-13(2,3)12(16-4)11-5-9-7-17-8-10(9)6-14(11)15/h5-6,12H,7-8H2,1-4H3/t12-/m1/s1. The number of nitrogens with zero attached hydrogens (tertiary/aromatic N) is 1. The molecule has 2 rings (SSSR count). The highest BCUT2D eigenvalue weighted by Crippen LogP contribution is 2.35. The summed E-state index contributed by atoms with van der Waals surface area (Å²) in [7, 11) is 1.64. The molecule has 0 aliphatic carbocycles. The fourth-order valence-electron chi connectivity index (χ4n) is 2.28. The van der Waals surface area contributed by atoms with Crippen molar-refractivity contribution < 1.29 is 14.2 Å². The van der Waals surface area contributed by atoms with E-state index in [1.54, 1.807) is 13.3 Å². The third-order valence-electron chi connectivity index (χ3n) is 3.07. The van der Waals surface area contributed by atoms with Crippen LogP contribution in [-0.4, -0.2) is 7.11 Å². The van der Waals surface area contributed by atoms with Gasteiger partial charge in [0, 0.05) is 18.7 Å². The maximum atomic E-state index is 12.0. The number of pyridine rings is 1. The van der Waals surface area contributed by atoms with Gasteiger partial charge in [-0.15, -0.1) is 0 Å². The van der Waals surface area contributed by atoms with Gasteiger partial charge in [0.15, 0.2) is 6.20 Å². The molecule has 94 valence electrons. The van der Waals surface area contributed by atoms with Crippen molar-refractivity contribution in [3.8, 4) is 0 Å². The van der Waals surface area contributed by atoms with Gasteiger partial charge in [-0.1, -0.05) is 20.8 Å². The summed E-state index contributed by atoms with van der Waals surface area (Å²) in [6, 6.07) is 1.91. The van der Waals surface area contributed by atoms with E-state index in [1.807, 2.05) is 6.07 Å². The third-order valence-corrected chi connectivity index (χ3v) is 3.07. The van der Waals surface area contributed by atoms with Crippen LogP contribution in [0, 0.1) is 10.6 Å². The minimum Gasteiger partial charge on any atom is -0.618 e. The molecule has 4 heteroatoms. The minimum atomic E-state index is -0.217. The van der Waals surface area contributed by atoms with E-state index >= 15 is 0 Å². The molecule has 0 aromatic carbocycles. The van der Waals surface area contributed by atoms with Crippen LogP contribution >= 0.6 is 0 Å².